The minimum atomic E-state index is -10.7. The van der Waals surface area contributed by atoms with Gasteiger partial charge in [0.1, 0.15) is 0 Å². The van der Waals surface area contributed by atoms with E-state index in [0.717, 1.165) is 33.0 Å². The van der Waals surface area contributed by atoms with E-state index in [-0.39, 0.29) is 16.3 Å². The summed E-state index contributed by atoms with van der Waals surface area (Å²) in [6, 6.07) is 32.1. The molecule has 0 aliphatic carbocycles. The van der Waals surface area contributed by atoms with Crippen molar-refractivity contribution in [2.75, 3.05) is 0 Å². The van der Waals surface area contributed by atoms with Crippen LogP contribution in [0.3, 0.4) is 0 Å². The van der Waals surface area contributed by atoms with Gasteiger partial charge in [0.15, 0.2) is 20.1 Å². The Hall–Kier alpha value is -2.87. The number of fused-ring (bicyclic) bond motifs is 2. The molecule has 0 bridgehead atoms. The van der Waals surface area contributed by atoms with E-state index in [9.17, 15) is 30.0 Å². The van der Waals surface area contributed by atoms with Gasteiger partial charge in [-0.05, 0) is 66.4 Å². The predicted molar refractivity (Wildman–Crippen MR) is 153 cm³/mol. The summed E-state index contributed by atoms with van der Waals surface area (Å²) in [6.45, 7) is 4.32. The van der Waals surface area contributed by atoms with Crippen molar-refractivity contribution in [1.29, 1.82) is 0 Å². The first kappa shape index (κ1) is 29.1. The van der Waals surface area contributed by atoms with Gasteiger partial charge < -0.3 is 0 Å². The molecular formula is C29H25F6OPS2. The van der Waals surface area contributed by atoms with Crippen molar-refractivity contribution in [3.8, 4) is 0 Å². The number of halogens is 6. The van der Waals surface area contributed by atoms with Crippen molar-refractivity contribution in [2.24, 2.45) is 0 Å². The van der Waals surface area contributed by atoms with Crippen molar-refractivity contribution < 1.29 is 25.2 Å². The number of hydrogen-bond acceptors (Lipinski definition) is 2. The average molecular weight is 599 g/mol. The summed E-state index contributed by atoms with van der Waals surface area (Å²) in [7, 11) is -10.9. The molecule has 0 aliphatic heterocycles. The topological polar surface area (TPSA) is 17.1 Å². The summed E-state index contributed by atoms with van der Waals surface area (Å²) in [6.07, 6.45) is 1.88. The molecule has 0 radical (unpaired) electrons. The fourth-order valence-electron chi connectivity index (χ4n) is 4.19. The van der Waals surface area contributed by atoms with E-state index in [1.807, 2.05) is 0 Å². The molecular weight excluding hydrogens is 573 g/mol. The Bertz CT molecular complexity index is 1640. The third-order valence-corrected chi connectivity index (χ3v) is 9.34. The van der Waals surface area contributed by atoms with Crippen molar-refractivity contribution >= 4 is 50.2 Å². The van der Waals surface area contributed by atoms with Gasteiger partial charge in [-0.1, -0.05) is 56.3 Å². The molecule has 39 heavy (non-hydrogen) atoms. The van der Waals surface area contributed by atoms with E-state index in [0.29, 0.717) is 0 Å². The van der Waals surface area contributed by atoms with Crippen LogP contribution in [0.5, 0.6) is 0 Å². The van der Waals surface area contributed by atoms with Crippen LogP contribution < -0.4 is 5.43 Å². The number of benzene rings is 4. The van der Waals surface area contributed by atoms with Crippen molar-refractivity contribution in [3.63, 3.8) is 0 Å². The van der Waals surface area contributed by atoms with Crippen molar-refractivity contribution in [2.45, 2.75) is 41.4 Å². The molecule has 5 rings (SSSR count). The van der Waals surface area contributed by atoms with Crippen LogP contribution in [0.25, 0.3) is 20.2 Å². The molecule has 0 aliphatic rings. The Morgan fingerprint density at radius 1 is 0.667 bits per heavy atom. The maximum absolute atomic E-state index is 13.7. The Morgan fingerprint density at radius 3 is 1.69 bits per heavy atom. The molecule has 4 aromatic carbocycles. The summed E-state index contributed by atoms with van der Waals surface area (Å²) in [5, 5.41) is 1.70. The van der Waals surface area contributed by atoms with Crippen LogP contribution in [0.15, 0.2) is 110 Å². The molecule has 0 atom stereocenters. The van der Waals surface area contributed by atoms with Gasteiger partial charge in [0, 0.05) is 26.2 Å². The zero-order valence-electron chi connectivity index (χ0n) is 21.0. The van der Waals surface area contributed by atoms with Gasteiger partial charge in [-0.25, -0.2) is 0 Å². The second-order valence-electron chi connectivity index (χ2n) is 8.82. The third-order valence-electron chi connectivity index (χ3n) is 5.86. The molecule has 1 nitrogen and oxygen atoms in total. The van der Waals surface area contributed by atoms with E-state index in [1.165, 1.54) is 25.8 Å². The van der Waals surface area contributed by atoms with Gasteiger partial charge in [-0.3, -0.25) is 4.79 Å². The van der Waals surface area contributed by atoms with Crippen LogP contribution >= 0.6 is 19.1 Å². The molecule has 0 saturated heterocycles. The minimum absolute atomic E-state index is 0.158. The SMILES string of the molecule is CCc1cc(CC)c2sc3ccc([S+](c4ccccc4)c4ccccc4)cc3c(=O)c2c1.F[P-](F)(F)(F)(F)F. The van der Waals surface area contributed by atoms with E-state index in [1.54, 1.807) is 11.3 Å². The van der Waals surface area contributed by atoms with Crippen LogP contribution in [0, 0.1) is 0 Å². The van der Waals surface area contributed by atoms with E-state index < -0.39 is 7.81 Å². The van der Waals surface area contributed by atoms with Crippen LogP contribution in [0.4, 0.5) is 25.2 Å². The van der Waals surface area contributed by atoms with Gasteiger partial charge >= 0.3 is 33.0 Å². The molecule has 0 N–H and O–H groups in total. The first-order valence-electron chi connectivity index (χ1n) is 12.1. The van der Waals surface area contributed by atoms with E-state index >= 15 is 0 Å². The zero-order chi connectivity index (χ0) is 28.5. The Kier molecular flexibility index (Phi) is 7.67. The van der Waals surface area contributed by atoms with Crippen molar-refractivity contribution in [3.05, 3.63) is 112 Å². The first-order valence-corrected chi connectivity index (χ1v) is 16.1. The molecule has 0 spiro atoms. The van der Waals surface area contributed by atoms with Crippen LogP contribution in [-0.2, 0) is 23.7 Å². The summed E-state index contributed by atoms with van der Waals surface area (Å²) in [5.74, 6) is 0. The predicted octanol–water partition coefficient (Wildman–Crippen LogP) is 11.0. The van der Waals surface area contributed by atoms with Gasteiger partial charge in [0.2, 0.25) is 0 Å². The first-order chi connectivity index (χ1) is 18.1. The van der Waals surface area contributed by atoms with Gasteiger partial charge in [0.25, 0.3) is 0 Å². The monoisotopic (exact) mass is 598 g/mol. The molecule has 0 unspecified atom stereocenters. The quantitative estimate of drug-likeness (QED) is 0.0851. The second kappa shape index (κ2) is 10.3. The zero-order valence-corrected chi connectivity index (χ0v) is 23.5. The molecule has 1 aromatic heterocycles. The number of rotatable bonds is 5. The Balaban J connectivity index is 0.000000448. The maximum atomic E-state index is 13.7. The second-order valence-corrected chi connectivity index (χ2v) is 13.8. The average Bonchev–Trinajstić information content (AvgIpc) is 2.88. The third kappa shape index (κ3) is 7.84. The summed E-state index contributed by atoms with van der Waals surface area (Å²) in [4.78, 5) is 17.4. The van der Waals surface area contributed by atoms with Gasteiger partial charge in [-0.2, -0.15) is 0 Å². The summed E-state index contributed by atoms with van der Waals surface area (Å²) >= 11 is 1.75. The van der Waals surface area contributed by atoms with E-state index in [2.05, 4.69) is 105 Å². The normalized spacial score (nSPS) is 13.6. The molecule has 10 heteroatoms. The molecule has 206 valence electrons. The van der Waals surface area contributed by atoms with Gasteiger partial charge in [0.05, 0.1) is 10.9 Å². The molecule has 0 saturated carbocycles. The molecule has 0 amide bonds. The van der Waals surface area contributed by atoms with Crippen LogP contribution in [0.1, 0.15) is 25.0 Å². The summed E-state index contributed by atoms with van der Waals surface area (Å²) < 4.78 is 61.4. The van der Waals surface area contributed by atoms with Crippen LogP contribution in [-0.4, -0.2) is 0 Å². The van der Waals surface area contributed by atoms with Crippen LogP contribution in [0.2, 0.25) is 0 Å². The standard InChI is InChI=1S/C29H25OS2.F6P/c1-3-20-17-21(4-2)29-26(18-20)28(30)25-19-24(15-16-27(25)31-29)32(22-11-7-5-8-12-22)23-13-9-6-10-14-23;1-7(2,3,4,5)6/h5-19H,3-4H2,1-2H3;/q+1;-1. The molecule has 5 aromatic rings. The fourth-order valence-corrected chi connectivity index (χ4v) is 7.52. The fraction of sp³-hybridized carbons (Fsp3) is 0.138. The number of hydrogen-bond donors (Lipinski definition) is 0. The summed E-state index contributed by atoms with van der Waals surface area (Å²) in [5.41, 5.74) is 2.67. The Morgan fingerprint density at radius 2 is 1.21 bits per heavy atom. The van der Waals surface area contributed by atoms with Crippen molar-refractivity contribution in [1.82, 2.24) is 0 Å². The molecule has 1 heterocycles. The van der Waals surface area contributed by atoms with Gasteiger partial charge in [-0.15, -0.1) is 11.3 Å². The van der Waals surface area contributed by atoms with E-state index in [4.69, 9.17) is 0 Å². The molecule has 0 fully saturated rings. The number of aryl methyl sites for hydroxylation is 2. The Labute approximate surface area is 228 Å².